The first-order chi connectivity index (χ1) is 16.6. The Balaban J connectivity index is 1.37. The summed E-state index contributed by atoms with van der Waals surface area (Å²) in [6.45, 7) is 8.22. The minimum atomic E-state index is 0.347. The van der Waals surface area contributed by atoms with E-state index in [9.17, 15) is 0 Å². The number of nitrogens with one attached hydrogen (secondary N) is 1. The van der Waals surface area contributed by atoms with Gasteiger partial charge in [-0.15, -0.1) is 0 Å². The van der Waals surface area contributed by atoms with Crippen molar-refractivity contribution >= 4 is 11.8 Å². The Labute approximate surface area is 204 Å². The van der Waals surface area contributed by atoms with Crippen LogP contribution in [-0.2, 0) is 13.0 Å². The summed E-state index contributed by atoms with van der Waals surface area (Å²) in [5.74, 6) is 2.60. The molecule has 3 aliphatic rings. The van der Waals surface area contributed by atoms with E-state index < -0.39 is 0 Å². The molecule has 1 aromatic carbocycles. The Bertz CT molecular complexity index is 1020. The molecule has 5 rings (SSSR count). The van der Waals surface area contributed by atoms with E-state index in [0.717, 1.165) is 69.2 Å². The highest BCUT2D eigenvalue weighted by Crippen LogP contribution is 2.29. The van der Waals surface area contributed by atoms with Gasteiger partial charge in [-0.05, 0) is 56.0 Å². The van der Waals surface area contributed by atoms with Gasteiger partial charge in [-0.25, -0.2) is 4.98 Å². The second-order valence-electron chi connectivity index (χ2n) is 10.0. The van der Waals surface area contributed by atoms with E-state index in [-0.39, 0.29) is 0 Å². The summed E-state index contributed by atoms with van der Waals surface area (Å²) >= 11 is 0. The molecular weight excluding hydrogens is 422 g/mol. The summed E-state index contributed by atoms with van der Waals surface area (Å²) in [5, 5.41) is 3.86. The first kappa shape index (κ1) is 23.0. The summed E-state index contributed by atoms with van der Waals surface area (Å²) in [5.41, 5.74) is 11.0. The molecule has 2 aromatic rings. The van der Waals surface area contributed by atoms with Gasteiger partial charge in [0.1, 0.15) is 5.82 Å². The van der Waals surface area contributed by atoms with Crippen molar-refractivity contribution in [3.63, 3.8) is 0 Å². The van der Waals surface area contributed by atoms with Crippen LogP contribution < -0.4 is 16.0 Å². The number of nitrogen functional groups attached to an aromatic ring is 1. The number of hydrogen-bond donors (Lipinski definition) is 2. The predicted octanol–water partition coefficient (Wildman–Crippen LogP) is 3.62. The van der Waals surface area contributed by atoms with Crippen molar-refractivity contribution in [2.75, 3.05) is 50.4 Å². The number of anilines is 2. The molecule has 0 bridgehead atoms. The van der Waals surface area contributed by atoms with Crippen molar-refractivity contribution in [1.82, 2.24) is 25.1 Å². The molecule has 2 aliphatic heterocycles. The zero-order valence-corrected chi connectivity index (χ0v) is 20.8. The molecule has 34 heavy (non-hydrogen) atoms. The maximum Gasteiger partial charge on any atom is 0.222 e. The van der Waals surface area contributed by atoms with Crippen molar-refractivity contribution in [2.24, 2.45) is 0 Å². The number of hydrogen-bond acceptors (Lipinski definition) is 7. The lowest BCUT2D eigenvalue weighted by Gasteiger charge is -2.35. The standard InChI is InChI=1S/C27H39N7/c1-3-6-25(29-23-7-4-5-8-23)34-12-11-20-9-10-21(17-22(20)19-34)24-18-26(31-27(28)30-24)33-15-13-32(2)14-16-33/h6,9-10,17-18,23,29H,3-5,7-8,11-16,19H2,1-2H3,(H2,28,30,31)/b25-6-. The summed E-state index contributed by atoms with van der Waals surface area (Å²) in [4.78, 5) is 16.3. The first-order valence-corrected chi connectivity index (χ1v) is 13.0. The Hall–Kier alpha value is -2.80. The van der Waals surface area contributed by atoms with E-state index in [1.807, 2.05) is 0 Å². The van der Waals surface area contributed by atoms with E-state index in [2.05, 4.69) is 74.3 Å². The van der Waals surface area contributed by atoms with Crippen LogP contribution in [0.2, 0.25) is 0 Å². The number of allylic oxidation sites excluding steroid dienone is 1. The van der Waals surface area contributed by atoms with Crippen molar-refractivity contribution in [2.45, 2.75) is 58.0 Å². The molecule has 1 saturated carbocycles. The third-order valence-corrected chi connectivity index (χ3v) is 7.52. The predicted molar refractivity (Wildman–Crippen MR) is 139 cm³/mol. The smallest absolute Gasteiger partial charge is 0.222 e. The zero-order valence-electron chi connectivity index (χ0n) is 20.8. The van der Waals surface area contributed by atoms with E-state index in [4.69, 9.17) is 5.73 Å². The SMILES string of the molecule is CC/C=C(/NC1CCCC1)N1CCc2ccc(-c3cc(N4CCN(C)CC4)nc(N)n3)cc2C1. The molecule has 0 atom stereocenters. The van der Waals surface area contributed by atoms with Gasteiger partial charge in [0, 0.05) is 56.9 Å². The van der Waals surface area contributed by atoms with Crippen LogP contribution in [-0.4, -0.2) is 65.6 Å². The van der Waals surface area contributed by atoms with Crippen LogP contribution in [0.3, 0.4) is 0 Å². The molecular formula is C27H39N7. The van der Waals surface area contributed by atoms with Gasteiger partial charge >= 0.3 is 0 Å². The highest BCUT2D eigenvalue weighted by atomic mass is 15.3. The summed E-state index contributed by atoms with van der Waals surface area (Å²) < 4.78 is 0. The van der Waals surface area contributed by atoms with Gasteiger partial charge in [0.15, 0.2) is 0 Å². The lowest BCUT2D eigenvalue weighted by Crippen LogP contribution is -2.44. The topological polar surface area (TPSA) is 73.5 Å². The van der Waals surface area contributed by atoms with Gasteiger partial charge in [0.25, 0.3) is 0 Å². The molecule has 1 aromatic heterocycles. The van der Waals surface area contributed by atoms with Crippen LogP contribution in [0.4, 0.5) is 11.8 Å². The number of benzene rings is 1. The maximum absolute atomic E-state index is 6.16. The fourth-order valence-electron chi connectivity index (χ4n) is 5.47. The third kappa shape index (κ3) is 5.14. The van der Waals surface area contributed by atoms with Crippen LogP contribution in [0.5, 0.6) is 0 Å². The van der Waals surface area contributed by atoms with Gasteiger partial charge in [-0.2, -0.15) is 4.98 Å². The fraction of sp³-hybridized carbons (Fsp3) is 0.556. The number of nitrogens with zero attached hydrogens (tertiary/aromatic N) is 5. The normalized spacial score (nSPS) is 20.0. The Morgan fingerprint density at radius 3 is 2.62 bits per heavy atom. The monoisotopic (exact) mass is 461 g/mol. The van der Waals surface area contributed by atoms with E-state index in [1.165, 1.54) is 42.6 Å². The summed E-state index contributed by atoms with van der Waals surface area (Å²) in [6.07, 6.45) is 9.76. The number of nitrogens with two attached hydrogens (primary N) is 1. The summed E-state index contributed by atoms with van der Waals surface area (Å²) in [7, 11) is 2.16. The lowest BCUT2D eigenvalue weighted by atomic mass is 9.96. The maximum atomic E-state index is 6.16. The van der Waals surface area contributed by atoms with Crippen LogP contribution in [0.15, 0.2) is 36.2 Å². The van der Waals surface area contributed by atoms with Crippen molar-refractivity contribution in [1.29, 1.82) is 0 Å². The Morgan fingerprint density at radius 1 is 1.06 bits per heavy atom. The second kappa shape index (κ2) is 10.2. The zero-order chi connectivity index (χ0) is 23.5. The number of fused-ring (bicyclic) bond motifs is 1. The minimum absolute atomic E-state index is 0.347. The van der Waals surface area contributed by atoms with Crippen LogP contribution in [0, 0.1) is 0 Å². The highest BCUT2D eigenvalue weighted by molar-refractivity contribution is 5.66. The second-order valence-corrected chi connectivity index (χ2v) is 10.0. The quantitative estimate of drug-likeness (QED) is 0.681. The number of piperazine rings is 1. The molecule has 3 N–H and O–H groups in total. The molecule has 1 saturated heterocycles. The molecule has 0 spiro atoms. The molecule has 0 amide bonds. The average Bonchev–Trinajstić information content (AvgIpc) is 3.36. The Kier molecular flexibility index (Phi) is 6.90. The molecule has 7 heteroatoms. The van der Waals surface area contributed by atoms with Gasteiger partial charge in [-0.3, -0.25) is 0 Å². The molecule has 7 nitrogen and oxygen atoms in total. The molecule has 182 valence electrons. The average molecular weight is 462 g/mol. The largest absolute Gasteiger partial charge is 0.369 e. The number of aromatic nitrogens is 2. The van der Waals surface area contributed by atoms with Crippen LogP contribution in [0.25, 0.3) is 11.3 Å². The Morgan fingerprint density at radius 2 is 1.85 bits per heavy atom. The van der Waals surface area contributed by atoms with Gasteiger partial charge in [-0.1, -0.05) is 31.9 Å². The molecule has 2 fully saturated rings. The van der Waals surface area contributed by atoms with Crippen molar-refractivity contribution < 1.29 is 0 Å². The van der Waals surface area contributed by atoms with Gasteiger partial charge in [0.2, 0.25) is 5.95 Å². The van der Waals surface area contributed by atoms with Crippen molar-refractivity contribution in [3.8, 4) is 11.3 Å². The van der Waals surface area contributed by atoms with Crippen LogP contribution >= 0.6 is 0 Å². The van der Waals surface area contributed by atoms with E-state index in [1.54, 1.807) is 0 Å². The van der Waals surface area contributed by atoms with Crippen LogP contribution in [0.1, 0.15) is 50.2 Å². The fourth-order valence-corrected chi connectivity index (χ4v) is 5.47. The number of likely N-dealkylation sites (N-methyl/N-ethyl adjacent to an activating group) is 1. The summed E-state index contributed by atoms with van der Waals surface area (Å²) in [6, 6.07) is 9.53. The van der Waals surface area contributed by atoms with E-state index >= 15 is 0 Å². The minimum Gasteiger partial charge on any atom is -0.369 e. The van der Waals surface area contributed by atoms with Gasteiger partial charge in [0.05, 0.1) is 11.5 Å². The number of rotatable bonds is 6. The van der Waals surface area contributed by atoms with E-state index in [0.29, 0.717) is 12.0 Å². The molecule has 0 unspecified atom stereocenters. The molecule has 3 heterocycles. The lowest BCUT2D eigenvalue weighted by molar-refractivity contribution is 0.287. The third-order valence-electron chi connectivity index (χ3n) is 7.52. The first-order valence-electron chi connectivity index (χ1n) is 13.0. The highest BCUT2D eigenvalue weighted by Gasteiger charge is 2.23. The molecule has 1 aliphatic carbocycles. The van der Waals surface area contributed by atoms with Crippen molar-refractivity contribution in [3.05, 3.63) is 47.3 Å². The van der Waals surface area contributed by atoms with Gasteiger partial charge < -0.3 is 25.8 Å². The molecule has 0 radical (unpaired) electrons.